The number of sulfonamides is 1. The van der Waals surface area contributed by atoms with Gasteiger partial charge in [0.15, 0.2) is 0 Å². The molecule has 2 rings (SSSR count). The highest BCUT2D eigenvalue weighted by atomic mass is 32.2. The van der Waals surface area contributed by atoms with Gasteiger partial charge in [0.25, 0.3) is 0 Å². The number of aliphatic carboxylic acids is 1. The fourth-order valence-corrected chi connectivity index (χ4v) is 3.70. The largest absolute Gasteiger partial charge is 0.481 e. The molecule has 134 valence electrons. The van der Waals surface area contributed by atoms with Gasteiger partial charge in [0.2, 0.25) is 10.0 Å². The fraction of sp³-hybridized carbons (Fsp3) is 0.316. The van der Waals surface area contributed by atoms with Crippen molar-refractivity contribution in [3.63, 3.8) is 0 Å². The summed E-state index contributed by atoms with van der Waals surface area (Å²) in [6.45, 7) is 6.15. The second-order valence-electron chi connectivity index (χ2n) is 6.96. The Morgan fingerprint density at radius 2 is 1.60 bits per heavy atom. The first-order chi connectivity index (χ1) is 11.6. The number of nitrogens with one attached hydrogen (secondary N) is 1. The Kier molecular flexibility index (Phi) is 5.65. The van der Waals surface area contributed by atoms with E-state index in [-0.39, 0.29) is 16.7 Å². The topological polar surface area (TPSA) is 83.5 Å². The third-order valence-corrected chi connectivity index (χ3v) is 5.40. The van der Waals surface area contributed by atoms with Crippen LogP contribution in [-0.2, 0) is 20.2 Å². The van der Waals surface area contributed by atoms with E-state index in [9.17, 15) is 13.2 Å². The summed E-state index contributed by atoms with van der Waals surface area (Å²) in [4.78, 5) is 11.2. The summed E-state index contributed by atoms with van der Waals surface area (Å²) >= 11 is 0. The minimum atomic E-state index is -3.83. The van der Waals surface area contributed by atoms with E-state index >= 15 is 0 Å². The SMILES string of the molecule is CC(C)(C)c1ccc(S(=O)(=O)NC(CC(=O)O)c2ccccc2)cc1. The number of carboxylic acids is 1. The van der Waals surface area contributed by atoms with Crippen molar-refractivity contribution in [3.05, 3.63) is 65.7 Å². The van der Waals surface area contributed by atoms with Gasteiger partial charge in [-0.3, -0.25) is 4.79 Å². The van der Waals surface area contributed by atoms with E-state index in [4.69, 9.17) is 5.11 Å². The van der Waals surface area contributed by atoms with Crippen molar-refractivity contribution in [2.24, 2.45) is 0 Å². The van der Waals surface area contributed by atoms with Crippen molar-refractivity contribution in [2.75, 3.05) is 0 Å². The molecule has 0 heterocycles. The summed E-state index contributed by atoms with van der Waals surface area (Å²) in [6, 6.07) is 14.5. The Balaban J connectivity index is 2.29. The Morgan fingerprint density at radius 3 is 2.08 bits per heavy atom. The van der Waals surface area contributed by atoms with Crippen LogP contribution >= 0.6 is 0 Å². The second kappa shape index (κ2) is 7.37. The first-order valence-corrected chi connectivity index (χ1v) is 9.47. The molecule has 0 bridgehead atoms. The van der Waals surface area contributed by atoms with Gasteiger partial charge in [-0.05, 0) is 28.7 Å². The molecule has 0 saturated carbocycles. The van der Waals surface area contributed by atoms with Crippen molar-refractivity contribution in [2.45, 2.75) is 43.5 Å². The van der Waals surface area contributed by atoms with E-state index in [2.05, 4.69) is 4.72 Å². The molecule has 6 heteroatoms. The Labute approximate surface area is 148 Å². The maximum absolute atomic E-state index is 12.7. The van der Waals surface area contributed by atoms with Gasteiger partial charge >= 0.3 is 5.97 Å². The zero-order valence-corrected chi connectivity index (χ0v) is 15.4. The predicted octanol–water partition coefficient (Wildman–Crippen LogP) is 3.48. The molecular weight excluding hydrogens is 338 g/mol. The maximum atomic E-state index is 12.7. The first-order valence-electron chi connectivity index (χ1n) is 7.99. The zero-order chi connectivity index (χ0) is 18.7. The number of rotatable bonds is 6. The lowest BCUT2D eigenvalue weighted by Gasteiger charge is -2.20. The lowest BCUT2D eigenvalue weighted by molar-refractivity contribution is -0.137. The van der Waals surface area contributed by atoms with Crippen LogP contribution in [0.1, 0.15) is 44.4 Å². The van der Waals surface area contributed by atoms with Gasteiger partial charge < -0.3 is 5.11 Å². The molecule has 0 aliphatic carbocycles. The van der Waals surface area contributed by atoms with Gasteiger partial charge in [-0.1, -0.05) is 63.2 Å². The highest BCUT2D eigenvalue weighted by Crippen LogP contribution is 2.25. The van der Waals surface area contributed by atoms with E-state index in [1.807, 2.05) is 20.8 Å². The van der Waals surface area contributed by atoms with Crippen molar-refractivity contribution >= 4 is 16.0 Å². The molecule has 2 aromatic rings. The summed E-state index contributed by atoms with van der Waals surface area (Å²) in [6.07, 6.45) is -0.330. The molecule has 1 atom stereocenters. The summed E-state index contributed by atoms with van der Waals surface area (Å²) < 4.78 is 27.8. The van der Waals surface area contributed by atoms with E-state index in [0.29, 0.717) is 5.56 Å². The summed E-state index contributed by atoms with van der Waals surface area (Å²) in [7, 11) is -3.83. The molecule has 0 spiro atoms. The first kappa shape index (κ1) is 19.1. The van der Waals surface area contributed by atoms with E-state index in [1.165, 1.54) is 0 Å². The van der Waals surface area contributed by atoms with Crippen molar-refractivity contribution in [1.82, 2.24) is 4.72 Å². The minimum absolute atomic E-state index is 0.0778. The van der Waals surface area contributed by atoms with Crippen molar-refractivity contribution in [3.8, 4) is 0 Å². The molecule has 2 N–H and O–H groups in total. The highest BCUT2D eigenvalue weighted by Gasteiger charge is 2.24. The molecule has 0 fully saturated rings. The normalized spacial score (nSPS) is 13.4. The van der Waals surface area contributed by atoms with Crippen LogP contribution in [0.4, 0.5) is 0 Å². The standard InChI is InChI=1S/C19H23NO4S/c1-19(2,3)15-9-11-16(12-10-15)25(23,24)20-17(13-18(21)22)14-7-5-4-6-8-14/h4-12,17,20H,13H2,1-3H3,(H,21,22). The quantitative estimate of drug-likeness (QED) is 0.825. The summed E-state index contributed by atoms with van der Waals surface area (Å²) in [5.74, 6) is -1.07. The van der Waals surface area contributed by atoms with Gasteiger partial charge in [0, 0.05) is 0 Å². The Morgan fingerprint density at radius 1 is 1.04 bits per heavy atom. The van der Waals surface area contributed by atoms with Crippen LogP contribution < -0.4 is 4.72 Å². The van der Waals surface area contributed by atoms with E-state index in [1.54, 1.807) is 54.6 Å². The molecule has 0 radical (unpaired) electrons. The average Bonchev–Trinajstić information content (AvgIpc) is 2.54. The van der Waals surface area contributed by atoms with E-state index < -0.39 is 22.0 Å². The van der Waals surface area contributed by atoms with Crippen LogP contribution in [0.3, 0.4) is 0 Å². The predicted molar refractivity (Wildman–Crippen MR) is 96.9 cm³/mol. The summed E-state index contributed by atoms with van der Waals surface area (Å²) in [5.41, 5.74) is 1.56. The molecular formula is C19H23NO4S. The monoisotopic (exact) mass is 361 g/mol. The average molecular weight is 361 g/mol. The molecule has 0 aliphatic heterocycles. The van der Waals surface area contributed by atoms with Gasteiger partial charge in [-0.15, -0.1) is 0 Å². The van der Waals surface area contributed by atoms with Crippen LogP contribution in [0, 0.1) is 0 Å². The number of carboxylic acid groups (broad SMARTS) is 1. The Hall–Kier alpha value is -2.18. The molecule has 5 nitrogen and oxygen atoms in total. The third kappa shape index (κ3) is 5.14. The molecule has 0 aliphatic rings. The fourth-order valence-electron chi connectivity index (χ4n) is 2.48. The third-order valence-electron chi connectivity index (χ3n) is 3.91. The maximum Gasteiger partial charge on any atom is 0.305 e. The number of hydrogen-bond donors (Lipinski definition) is 2. The van der Waals surface area contributed by atoms with Crippen LogP contribution in [-0.4, -0.2) is 19.5 Å². The van der Waals surface area contributed by atoms with Crippen molar-refractivity contribution < 1.29 is 18.3 Å². The van der Waals surface area contributed by atoms with Gasteiger partial charge in [0.05, 0.1) is 17.4 Å². The molecule has 0 saturated heterocycles. The Bertz CT molecular complexity index is 822. The number of hydrogen-bond acceptors (Lipinski definition) is 3. The second-order valence-corrected chi connectivity index (χ2v) is 8.67. The summed E-state index contributed by atoms with van der Waals surface area (Å²) in [5, 5.41) is 9.10. The van der Waals surface area contributed by atoms with Crippen LogP contribution in [0.25, 0.3) is 0 Å². The zero-order valence-electron chi connectivity index (χ0n) is 14.6. The molecule has 2 aromatic carbocycles. The van der Waals surface area contributed by atoms with E-state index in [0.717, 1.165) is 5.56 Å². The van der Waals surface area contributed by atoms with Crippen LogP contribution in [0.5, 0.6) is 0 Å². The highest BCUT2D eigenvalue weighted by molar-refractivity contribution is 7.89. The van der Waals surface area contributed by atoms with Gasteiger partial charge in [-0.25, -0.2) is 13.1 Å². The van der Waals surface area contributed by atoms with Crippen molar-refractivity contribution in [1.29, 1.82) is 0 Å². The lowest BCUT2D eigenvalue weighted by Crippen LogP contribution is -2.30. The number of benzene rings is 2. The number of carbonyl (C=O) groups is 1. The van der Waals surface area contributed by atoms with Gasteiger partial charge in [-0.2, -0.15) is 0 Å². The smallest absolute Gasteiger partial charge is 0.305 e. The minimum Gasteiger partial charge on any atom is -0.481 e. The molecule has 0 aromatic heterocycles. The molecule has 0 amide bonds. The van der Waals surface area contributed by atoms with Crippen LogP contribution in [0.15, 0.2) is 59.5 Å². The lowest BCUT2D eigenvalue weighted by atomic mass is 9.87. The molecule has 1 unspecified atom stereocenters. The van der Waals surface area contributed by atoms with Gasteiger partial charge in [0.1, 0.15) is 0 Å². The molecule has 25 heavy (non-hydrogen) atoms. The van der Waals surface area contributed by atoms with Crippen LogP contribution in [0.2, 0.25) is 0 Å².